The first kappa shape index (κ1) is 17.9. The highest BCUT2D eigenvalue weighted by Crippen LogP contribution is 2.56. The highest BCUT2D eigenvalue weighted by Gasteiger charge is 2.60. The van der Waals surface area contributed by atoms with Crippen LogP contribution in [-0.4, -0.2) is 41.6 Å². The molecule has 2 amide bonds. The van der Waals surface area contributed by atoms with Crippen LogP contribution in [0.15, 0.2) is 24.3 Å². The Kier molecular flexibility index (Phi) is 4.58. The van der Waals surface area contributed by atoms with Crippen LogP contribution in [0.25, 0.3) is 0 Å². The molecule has 1 heterocycles. The lowest BCUT2D eigenvalue weighted by Gasteiger charge is -2.19. The Morgan fingerprint density at radius 3 is 2.22 bits per heavy atom. The van der Waals surface area contributed by atoms with E-state index in [1.807, 2.05) is 19.1 Å². The van der Waals surface area contributed by atoms with Crippen molar-refractivity contribution < 1.29 is 23.9 Å². The van der Waals surface area contributed by atoms with Gasteiger partial charge in [-0.3, -0.25) is 24.1 Å². The Hall–Kier alpha value is -2.50. The summed E-state index contributed by atoms with van der Waals surface area (Å²) in [5, 5.41) is 0. The number of hydrogen-bond acceptors (Lipinski definition) is 5. The first-order chi connectivity index (χ1) is 13.0. The van der Waals surface area contributed by atoms with Gasteiger partial charge in [0.05, 0.1) is 18.3 Å². The van der Waals surface area contributed by atoms with E-state index in [1.165, 1.54) is 4.90 Å². The van der Waals surface area contributed by atoms with Crippen LogP contribution in [-0.2, 0) is 19.1 Å². The molecular formula is C21H23NO5. The van der Waals surface area contributed by atoms with Crippen molar-refractivity contribution in [1.29, 1.82) is 0 Å². The third kappa shape index (κ3) is 3.17. The smallest absolute Gasteiger partial charge is 0.308 e. The molecule has 0 aromatic heterocycles. The van der Waals surface area contributed by atoms with E-state index in [4.69, 9.17) is 4.74 Å². The third-order valence-electron chi connectivity index (χ3n) is 6.30. The van der Waals surface area contributed by atoms with Crippen molar-refractivity contribution in [2.75, 3.05) is 13.2 Å². The van der Waals surface area contributed by atoms with Crippen LogP contribution in [0.3, 0.4) is 0 Å². The zero-order valence-electron chi connectivity index (χ0n) is 15.3. The van der Waals surface area contributed by atoms with Crippen molar-refractivity contribution in [3.63, 3.8) is 0 Å². The van der Waals surface area contributed by atoms with Gasteiger partial charge in [0.2, 0.25) is 11.8 Å². The lowest BCUT2D eigenvalue weighted by atomic mass is 9.81. The standard InChI is InChI=1S/C21H23NO5/c1-12-2-4-13(5-3-12)16(23)11-27-17(24)8-9-22-20(25)18-14-6-7-15(10-14)19(18)21(22)26/h2-5,14-15,18-19H,6-11H2,1H3/t14-,15-,18-,19-/m0/s1. The average molecular weight is 369 g/mol. The van der Waals surface area contributed by atoms with Crippen molar-refractivity contribution in [3.8, 4) is 0 Å². The quantitative estimate of drug-likeness (QED) is 0.436. The van der Waals surface area contributed by atoms with Gasteiger partial charge in [-0.25, -0.2) is 0 Å². The maximum absolute atomic E-state index is 12.6. The largest absolute Gasteiger partial charge is 0.457 e. The number of likely N-dealkylation sites (tertiary alicyclic amines) is 1. The number of benzene rings is 1. The van der Waals surface area contributed by atoms with Crippen LogP contribution in [0.5, 0.6) is 0 Å². The van der Waals surface area contributed by atoms with E-state index in [1.54, 1.807) is 12.1 Å². The van der Waals surface area contributed by atoms with Gasteiger partial charge < -0.3 is 4.74 Å². The molecule has 3 fully saturated rings. The number of rotatable bonds is 6. The molecule has 0 unspecified atom stereocenters. The lowest BCUT2D eigenvalue weighted by Crippen LogP contribution is -2.35. The molecule has 3 aliphatic rings. The second-order valence-electron chi connectivity index (χ2n) is 7.91. The van der Waals surface area contributed by atoms with Crippen LogP contribution in [0.1, 0.15) is 41.6 Å². The Morgan fingerprint density at radius 1 is 1.04 bits per heavy atom. The fourth-order valence-electron chi connectivity index (χ4n) is 4.93. The van der Waals surface area contributed by atoms with Crippen molar-refractivity contribution in [2.24, 2.45) is 23.7 Å². The van der Waals surface area contributed by atoms with E-state index >= 15 is 0 Å². The Balaban J connectivity index is 1.27. The van der Waals surface area contributed by atoms with E-state index in [2.05, 4.69) is 0 Å². The molecular weight excluding hydrogens is 346 g/mol. The molecule has 0 radical (unpaired) electrons. The molecule has 1 aromatic carbocycles. The highest BCUT2D eigenvalue weighted by atomic mass is 16.5. The number of carbonyl (C=O) groups excluding carboxylic acids is 4. The van der Waals surface area contributed by atoms with E-state index < -0.39 is 5.97 Å². The van der Waals surface area contributed by atoms with Crippen LogP contribution in [0, 0.1) is 30.6 Å². The highest BCUT2D eigenvalue weighted by molar-refractivity contribution is 6.06. The molecule has 6 nitrogen and oxygen atoms in total. The molecule has 142 valence electrons. The molecule has 4 rings (SSSR count). The Bertz CT molecular complexity index is 771. The van der Waals surface area contributed by atoms with Gasteiger partial charge in [0, 0.05) is 12.1 Å². The predicted octanol–water partition coefficient (Wildman–Crippen LogP) is 2.14. The first-order valence-electron chi connectivity index (χ1n) is 9.56. The number of esters is 1. The van der Waals surface area contributed by atoms with Crippen LogP contribution >= 0.6 is 0 Å². The molecule has 1 aromatic rings. The molecule has 1 aliphatic heterocycles. The molecule has 2 aliphatic carbocycles. The summed E-state index contributed by atoms with van der Waals surface area (Å²) < 4.78 is 5.03. The van der Waals surface area contributed by atoms with Crippen LogP contribution in [0.4, 0.5) is 0 Å². The topological polar surface area (TPSA) is 80.8 Å². The van der Waals surface area contributed by atoms with Gasteiger partial charge >= 0.3 is 5.97 Å². The minimum Gasteiger partial charge on any atom is -0.457 e. The average Bonchev–Trinajstić information content (AvgIpc) is 3.33. The minimum absolute atomic E-state index is 0.0433. The molecule has 0 N–H and O–H groups in total. The van der Waals surface area contributed by atoms with Gasteiger partial charge in [0.15, 0.2) is 12.4 Å². The van der Waals surface area contributed by atoms with Gasteiger partial charge in [-0.1, -0.05) is 29.8 Å². The summed E-state index contributed by atoms with van der Waals surface area (Å²) in [7, 11) is 0. The second-order valence-corrected chi connectivity index (χ2v) is 7.91. The third-order valence-corrected chi connectivity index (χ3v) is 6.30. The molecule has 4 atom stereocenters. The zero-order chi connectivity index (χ0) is 19.1. The van der Waals surface area contributed by atoms with Gasteiger partial charge in [-0.2, -0.15) is 0 Å². The molecule has 2 bridgehead atoms. The maximum Gasteiger partial charge on any atom is 0.308 e. The summed E-state index contributed by atoms with van der Waals surface area (Å²) in [5.41, 5.74) is 1.53. The zero-order valence-corrected chi connectivity index (χ0v) is 15.3. The minimum atomic E-state index is -0.573. The molecule has 27 heavy (non-hydrogen) atoms. The van der Waals surface area contributed by atoms with Gasteiger partial charge in [0.1, 0.15) is 0 Å². The van der Waals surface area contributed by atoms with Gasteiger partial charge in [0.25, 0.3) is 0 Å². The van der Waals surface area contributed by atoms with E-state index in [9.17, 15) is 19.2 Å². The van der Waals surface area contributed by atoms with Crippen molar-refractivity contribution in [1.82, 2.24) is 4.90 Å². The number of amides is 2. The van der Waals surface area contributed by atoms with Crippen molar-refractivity contribution >= 4 is 23.6 Å². The lowest BCUT2D eigenvalue weighted by molar-refractivity contribution is -0.145. The number of imide groups is 1. The van der Waals surface area contributed by atoms with Crippen LogP contribution in [0.2, 0.25) is 0 Å². The molecule has 0 spiro atoms. The van der Waals surface area contributed by atoms with E-state index in [0.717, 1.165) is 24.8 Å². The Labute approximate surface area is 157 Å². The summed E-state index contributed by atoms with van der Waals surface area (Å²) in [6.45, 7) is 1.63. The number of aryl methyl sites for hydroxylation is 1. The summed E-state index contributed by atoms with van der Waals surface area (Å²) in [4.78, 5) is 50.4. The number of ketones is 1. The molecule has 2 saturated carbocycles. The maximum atomic E-state index is 12.6. The van der Waals surface area contributed by atoms with Gasteiger partial charge in [-0.05, 0) is 38.0 Å². The summed E-state index contributed by atoms with van der Waals surface area (Å²) in [6, 6.07) is 7.04. The fourth-order valence-corrected chi connectivity index (χ4v) is 4.93. The number of hydrogen-bond donors (Lipinski definition) is 0. The monoisotopic (exact) mass is 369 g/mol. The van der Waals surface area contributed by atoms with E-state index in [0.29, 0.717) is 17.4 Å². The summed E-state index contributed by atoms with van der Waals surface area (Å²) in [6.07, 6.45) is 2.97. The number of carbonyl (C=O) groups is 4. The van der Waals surface area contributed by atoms with Crippen molar-refractivity contribution in [2.45, 2.75) is 32.6 Å². The number of fused-ring (bicyclic) bond motifs is 5. The summed E-state index contributed by atoms with van der Waals surface area (Å²) >= 11 is 0. The molecule has 1 saturated heterocycles. The Morgan fingerprint density at radius 2 is 1.63 bits per heavy atom. The number of nitrogens with zero attached hydrogens (tertiary/aromatic N) is 1. The second kappa shape index (κ2) is 6.91. The van der Waals surface area contributed by atoms with E-state index in [-0.39, 0.29) is 49.0 Å². The normalized spacial score (nSPS) is 28.6. The first-order valence-corrected chi connectivity index (χ1v) is 9.56. The number of ether oxygens (including phenoxy) is 1. The van der Waals surface area contributed by atoms with Gasteiger partial charge in [-0.15, -0.1) is 0 Å². The molecule has 6 heteroatoms. The van der Waals surface area contributed by atoms with Crippen molar-refractivity contribution in [3.05, 3.63) is 35.4 Å². The SMILES string of the molecule is Cc1ccc(C(=O)COC(=O)CCN2C(=O)[C@H]3[C@H]4CC[C@@H](C4)[C@@H]3C2=O)cc1. The predicted molar refractivity (Wildman–Crippen MR) is 95.6 cm³/mol. The van der Waals surface area contributed by atoms with Crippen LogP contribution < -0.4 is 0 Å². The number of Topliss-reactive ketones (excluding diaryl/α,β-unsaturated/α-hetero) is 1. The summed E-state index contributed by atoms with van der Waals surface area (Å²) in [5.74, 6) is -0.771. The fraction of sp³-hybridized carbons (Fsp3) is 0.524.